The van der Waals surface area contributed by atoms with Crippen LogP contribution in [0.3, 0.4) is 0 Å². The van der Waals surface area contributed by atoms with Crippen molar-refractivity contribution in [2.45, 2.75) is 32.6 Å². The summed E-state index contributed by atoms with van der Waals surface area (Å²) in [5.41, 5.74) is 0.387. The predicted octanol–water partition coefficient (Wildman–Crippen LogP) is 2.74. The molecule has 1 heterocycles. The summed E-state index contributed by atoms with van der Waals surface area (Å²) in [6.45, 7) is 1.42. The number of hydrogen-bond acceptors (Lipinski definition) is 3. The molecular weight excluding hydrogens is 316 g/mol. The number of amides is 1. The molecule has 24 heavy (non-hydrogen) atoms. The van der Waals surface area contributed by atoms with E-state index in [0.717, 1.165) is 19.3 Å². The molecule has 0 bridgehead atoms. The standard InChI is InChI=1S/C17H19F2N3O2/c1-10-20-14-7-12(5-6-13(14)16(23)21-10)17(24)22(9-15(18)19)8-11-3-2-4-11/h5-7,11,15H,2-4,8-9H2,1H3,(H,20,21,23). The van der Waals surface area contributed by atoms with Gasteiger partial charge in [-0.2, -0.15) is 0 Å². The number of rotatable bonds is 5. The lowest BCUT2D eigenvalue weighted by Crippen LogP contribution is -2.40. The van der Waals surface area contributed by atoms with Gasteiger partial charge in [0.2, 0.25) is 0 Å². The van der Waals surface area contributed by atoms with E-state index in [0.29, 0.717) is 29.2 Å². The van der Waals surface area contributed by atoms with Gasteiger partial charge in [-0.1, -0.05) is 6.42 Å². The van der Waals surface area contributed by atoms with E-state index in [1.165, 1.54) is 23.1 Å². The van der Waals surface area contributed by atoms with Gasteiger partial charge in [0.15, 0.2) is 0 Å². The molecule has 1 aromatic carbocycles. The maximum atomic E-state index is 12.8. The molecule has 0 unspecified atom stereocenters. The Morgan fingerprint density at radius 3 is 2.79 bits per heavy atom. The Labute approximate surface area is 137 Å². The van der Waals surface area contributed by atoms with Gasteiger partial charge in [0.05, 0.1) is 17.4 Å². The number of aromatic nitrogens is 2. The lowest BCUT2D eigenvalue weighted by Gasteiger charge is -2.32. The van der Waals surface area contributed by atoms with E-state index in [-0.39, 0.29) is 11.1 Å². The average Bonchev–Trinajstić information content (AvgIpc) is 2.47. The van der Waals surface area contributed by atoms with Crippen LogP contribution in [0.1, 0.15) is 35.4 Å². The van der Waals surface area contributed by atoms with E-state index in [9.17, 15) is 18.4 Å². The van der Waals surface area contributed by atoms with Crippen molar-refractivity contribution in [1.82, 2.24) is 14.9 Å². The van der Waals surface area contributed by atoms with Gasteiger partial charge in [-0.3, -0.25) is 9.59 Å². The lowest BCUT2D eigenvalue weighted by molar-refractivity contribution is 0.0470. The maximum absolute atomic E-state index is 12.8. The van der Waals surface area contributed by atoms with E-state index in [1.807, 2.05) is 0 Å². The molecule has 2 aromatic rings. The molecule has 3 rings (SSSR count). The predicted molar refractivity (Wildman–Crippen MR) is 86.3 cm³/mol. The van der Waals surface area contributed by atoms with Crippen molar-refractivity contribution in [3.63, 3.8) is 0 Å². The second-order valence-electron chi connectivity index (χ2n) is 6.28. The van der Waals surface area contributed by atoms with Crippen LogP contribution in [0.2, 0.25) is 0 Å². The fourth-order valence-electron chi connectivity index (χ4n) is 2.97. The molecule has 0 saturated heterocycles. The summed E-state index contributed by atoms with van der Waals surface area (Å²) in [4.78, 5) is 32.5. The summed E-state index contributed by atoms with van der Waals surface area (Å²) in [6, 6.07) is 4.51. The fraction of sp³-hybridized carbons (Fsp3) is 0.471. The first-order chi connectivity index (χ1) is 11.4. The molecule has 1 amide bonds. The third-order valence-electron chi connectivity index (χ3n) is 4.42. The quantitative estimate of drug-likeness (QED) is 0.914. The van der Waals surface area contributed by atoms with Crippen molar-refractivity contribution in [2.75, 3.05) is 13.1 Å². The topological polar surface area (TPSA) is 66.1 Å². The number of nitrogens with one attached hydrogen (secondary N) is 1. The molecule has 1 saturated carbocycles. The highest BCUT2D eigenvalue weighted by Gasteiger charge is 2.26. The Morgan fingerprint density at radius 1 is 1.42 bits per heavy atom. The molecule has 0 aliphatic heterocycles. The molecule has 1 aromatic heterocycles. The van der Waals surface area contributed by atoms with Crippen LogP contribution in [-0.2, 0) is 0 Å². The number of alkyl halides is 2. The molecule has 1 aliphatic carbocycles. The van der Waals surface area contributed by atoms with E-state index in [4.69, 9.17) is 0 Å². The summed E-state index contributed by atoms with van der Waals surface area (Å²) >= 11 is 0. The van der Waals surface area contributed by atoms with Gasteiger partial charge >= 0.3 is 0 Å². The Hall–Kier alpha value is -2.31. The monoisotopic (exact) mass is 335 g/mol. The second-order valence-corrected chi connectivity index (χ2v) is 6.28. The van der Waals surface area contributed by atoms with Crippen LogP contribution in [0.15, 0.2) is 23.0 Å². The minimum atomic E-state index is -2.57. The minimum Gasteiger partial charge on any atom is -0.333 e. The molecule has 7 heteroatoms. The molecular formula is C17H19F2N3O2. The van der Waals surface area contributed by atoms with E-state index in [1.54, 1.807) is 6.92 Å². The summed E-state index contributed by atoms with van der Waals surface area (Å²) < 4.78 is 25.7. The first-order valence-corrected chi connectivity index (χ1v) is 8.02. The van der Waals surface area contributed by atoms with E-state index in [2.05, 4.69) is 9.97 Å². The highest BCUT2D eigenvalue weighted by molar-refractivity contribution is 5.97. The van der Waals surface area contributed by atoms with Gasteiger partial charge in [-0.15, -0.1) is 0 Å². The lowest BCUT2D eigenvalue weighted by atomic mass is 9.85. The maximum Gasteiger partial charge on any atom is 0.258 e. The fourth-order valence-corrected chi connectivity index (χ4v) is 2.97. The zero-order valence-electron chi connectivity index (χ0n) is 13.4. The molecule has 1 fully saturated rings. The normalized spacial score (nSPS) is 14.8. The number of fused-ring (bicyclic) bond motifs is 1. The van der Waals surface area contributed by atoms with Gasteiger partial charge in [0.1, 0.15) is 5.82 Å². The average molecular weight is 335 g/mol. The number of aromatic amines is 1. The first kappa shape index (κ1) is 16.5. The molecule has 1 aliphatic rings. The Kier molecular flexibility index (Phi) is 4.59. The zero-order valence-corrected chi connectivity index (χ0v) is 13.4. The largest absolute Gasteiger partial charge is 0.333 e. The SMILES string of the molecule is Cc1nc2cc(C(=O)N(CC(F)F)CC3CCC3)ccc2c(=O)[nH]1. The van der Waals surface area contributed by atoms with Gasteiger partial charge in [0.25, 0.3) is 17.9 Å². The number of benzene rings is 1. The first-order valence-electron chi connectivity index (χ1n) is 8.02. The van der Waals surface area contributed by atoms with Gasteiger partial charge < -0.3 is 9.88 Å². The van der Waals surface area contributed by atoms with E-state index < -0.39 is 18.9 Å². The van der Waals surface area contributed by atoms with Crippen molar-refractivity contribution in [3.05, 3.63) is 39.9 Å². The van der Waals surface area contributed by atoms with Crippen molar-refractivity contribution in [2.24, 2.45) is 5.92 Å². The summed E-state index contributed by atoms with van der Waals surface area (Å²) in [6.07, 6.45) is 0.461. The van der Waals surface area contributed by atoms with Crippen LogP contribution in [-0.4, -0.2) is 40.3 Å². The Morgan fingerprint density at radius 2 is 2.17 bits per heavy atom. The van der Waals surface area contributed by atoms with Crippen LogP contribution in [0.4, 0.5) is 8.78 Å². The summed E-state index contributed by atoms with van der Waals surface area (Å²) in [5, 5.41) is 0.372. The Bertz CT molecular complexity index is 815. The van der Waals surface area contributed by atoms with Crippen LogP contribution < -0.4 is 5.56 Å². The number of nitrogens with zero attached hydrogens (tertiary/aromatic N) is 2. The molecule has 128 valence electrons. The van der Waals surface area contributed by atoms with Crippen molar-refractivity contribution in [3.8, 4) is 0 Å². The second kappa shape index (κ2) is 6.67. The zero-order chi connectivity index (χ0) is 17.3. The molecule has 1 N–H and O–H groups in total. The number of halogens is 2. The van der Waals surface area contributed by atoms with Gasteiger partial charge in [-0.25, -0.2) is 13.8 Å². The van der Waals surface area contributed by atoms with Crippen LogP contribution in [0, 0.1) is 12.8 Å². The third-order valence-corrected chi connectivity index (χ3v) is 4.42. The molecule has 0 spiro atoms. The van der Waals surface area contributed by atoms with Crippen molar-refractivity contribution >= 4 is 16.8 Å². The number of aryl methyl sites for hydroxylation is 1. The highest BCUT2D eigenvalue weighted by atomic mass is 19.3. The van der Waals surface area contributed by atoms with Gasteiger partial charge in [-0.05, 0) is 43.9 Å². The van der Waals surface area contributed by atoms with Crippen LogP contribution in [0.25, 0.3) is 10.9 Å². The Balaban J connectivity index is 1.90. The van der Waals surface area contributed by atoms with E-state index >= 15 is 0 Å². The number of hydrogen-bond donors (Lipinski definition) is 1. The molecule has 0 atom stereocenters. The van der Waals surface area contributed by atoms with Crippen molar-refractivity contribution in [1.29, 1.82) is 0 Å². The third kappa shape index (κ3) is 3.44. The highest BCUT2D eigenvalue weighted by Crippen LogP contribution is 2.28. The van der Waals surface area contributed by atoms with Gasteiger partial charge in [0, 0.05) is 12.1 Å². The summed E-state index contributed by atoms with van der Waals surface area (Å²) in [7, 11) is 0. The summed E-state index contributed by atoms with van der Waals surface area (Å²) in [5.74, 6) is 0.302. The number of carbonyl (C=O) groups is 1. The molecule has 0 radical (unpaired) electrons. The number of H-pyrrole nitrogens is 1. The smallest absolute Gasteiger partial charge is 0.258 e. The number of carbonyl (C=O) groups excluding carboxylic acids is 1. The van der Waals surface area contributed by atoms with Crippen LogP contribution >= 0.6 is 0 Å². The molecule has 5 nitrogen and oxygen atoms in total. The minimum absolute atomic E-state index is 0.278. The van der Waals surface area contributed by atoms with Crippen LogP contribution in [0.5, 0.6) is 0 Å². The van der Waals surface area contributed by atoms with Crippen molar-refractivity contribution < 1.29 is 13.6 Å².